The minimum absolute atomic E-state index is 0.0000454. The number of nitrogens with zero attached hydrogens (tertiary/aromatic N) is 5. The largest absolute Gasteiger partial charge is 0.349 e. The maximum Gasteiger partial charge on any atom is 0.251 e. The van der Waals surface area contributed by atoms with E-state index in [1.165, 1.54) is 0 Å². The molecule has 0 atom stereocenters. The summed E-state index contributed by atoms with van der Waals surface area (Å²) in [7, 11) is 0. The fourth-order valence-corrected chi connectivity index (χ4v) is 4.11. The van der Waals surface area contributed by atoms with Crippen LogP contribution < -0.4 is 5.32 Å². The van der Waals surface area contributed by atoms with Crippen LogP contribution in [-0.4, -0.2) is 49.3 Å². The van der Waals surface area contributed by atoms with Crippen LogP contribution in [-0.2, 0) is 13.2 Å². The number of benzene rings is 1. The van der Waals surface area contributed by atoms with Gasteiger partial charge in [0, 0.05) is 49.2 Å². The Bertz CT molecular complexity index is 1040. The lowest BCUT2D eigenvalue weighted by Gasteiger charge is -2.32. The van der Waals surface area contributed by atoms with Gasteiger partial charge in [0.1, 0.15) is 0 Å². The number of hydrogen-bond acceptors (Lipinski definition) is 5. The van der Waals surface area contributed by atoms with Crippen molar-refractivity contribution in [2.75, 3.05) is 13.1 Å². The molecule has 1 N–H and O–H groups in total. The van der Waals surface area contributed by atoms with Crippen molar-refractivity contribution in [2.45, 2.75) is 39.0 Å². The van der Waals surface area contributed by atoms with Gasteiger partial charge in [0.25, 0.3) is 5.91 Å². The fourth-order valence-electron chi connectivity index (χ4n) is 3.80. The van der Waals surface area contributed by atoms with Gasteiger partial charge in [-0.1, -0.05) is 18.2 Å². The summed E-state index contributed by atoms with van der Waals surface area (Å²) in [6, 6.07) is 13.5. The molecule has 8 heteroatoms. The van der Waals surface area contributed by atoms with Gasteiger partial charge in [0.15, 0.2) is 10.6 Å². The molecule has 1 aliphatic rings. The molecule has 2 aromatic heterocycles. The molecule has 1 saturated heterocycles. The van der Waals surface area contributed by atoms with Gasteiger partial charge in [-0.3, -0.25) is 14.7 Å². The van der Waals surface area contributed by atoms with E-state index in [4.69, 9.17) is 17.3 Å². The van der Waals surface area contributed by atoms with Crippen LogP contribution in [0.15, 0.2) is 54.9 Å². The average Bonchev–Trinajstić information content (AvgIpc) is 3.11. The zero-order valence-corrected chi connectivity index (χ0v) is 17.9. The van der Waals surface area contributed by atoms with Crippen molar-refractivity contribution in [3.05, 3.63) is 65.2 Å². The number of carbonyl (C=O) groups is 1. The molecule has 0 unspecified atom stereocenters. The topological polar surface area (TPSA) is 68.0 Å². The number of nitrogens with one attached hydrogen (secondary N) is 1. The van der Waals surface area contributed by atoms with Gasteiger partial charge in [-0.15, -0.1) is 0 Å². The molecule has 7 nitrogen and oxygen atoms in total. The van der Waals surface area contributed by atoms with Crippen molar-refractivity contribution >= 4 is 18.1 Å². The monoisotopic (exact) mass is 422 g/mol. The van der Waals surface area contributed by atoms with Gasteiger partial charge >= 0.3 is 0 Å². The molecule has 1 aliphatic heterocycles. The first-order chi connectivity index (χ1) is 14.7. The minimum atomic E-state index is -0.0000454. The lowest BCUT2D eigenvalue weighted by atomic mass is 10.0. The lowest BCUT2D eigenvalue weighted by molar-refractivity contribution is 0.0896. The summed E-state index contributed by atoms with van der Waals surface area (Å²) < 4.78 is 4.68. The number of piperidine rings is 1. The summed E-state index contributed by atoms with van der Waals surface area (Å²) in [6.07, 6.45) is 5.37. The Hall–Kier alpha value is -2.84. The maximum atomic E-state index is 12.4. The number of rotatable bonds is 6. The zero-order valence-electron chi connectivity index (χ0n) is 17.1. The Balaban J connectivity index is 1.38. The minimum Gasteiger partial charge on any atom is -0.349 e. The molecule has 30 heavy (non-hydrogen) atoms. The predicted octanol–water partition coefficient (Wildman–Crippen LogP) is 3.35. The van der Waals surface area contributed by atoms with Crippen LogP contribution in [0.5, 0.6) is 0 Å². The summed E-state index contributed by atoms with van der Waals surface area (Å²) in [6.45, 7) is 5.29. The zero-order chi connectivity index (χ0) is 20.9. The Morgan fingerprint density at radius 2 is 1.83 bits per heavy atom. The first-order valence-electron chi connectivity index (χ1n) is 10.3. The van der Waals surface area contributed by atoms with Crippen LogP contribution in [0, 0.1) is 4.77 Å². The molecule has 0 aliphatic carbocycles. The van der Waals surface area contributed by atoms with E-state index in [1.807, 2.05) is 47.1 Å². The third-order valence-corrected chi connectivity index (χ3v) is 5.90. The van der Waals surface area contributed by atoms with Crippen LogP contribution in [0.2, 0.25) is 0 Å². The second kappa shape index (κ2) is 9.32. The van der Waals surface area contributed by atoms with Gasteiger partial charge in [0.2, 0.25) is 0 Å². The average molecular weight is 423 g/mol. The number of aromatic nitrogens is 4. The summed E-state index contributed by atoms with van der Waals surface area (Å²) in [4.78, 5) is 18.8. The fraction of sp³-hybridized carbons (Fsp3) is 0.364. The van der Waals surface area contributed by atoms with Gasteiger partial charge in [-0.25, -0.2) is 4.68 Å². The van der Waals surface area contributed by atoms with Crippen molar-refractivity contribution in [1.82, 2.24) is 29.5 Å². The van der Waals surface area contributed by atoms with Gasteiger partial charge < -0.3 is 9.88 Å². The Kier molecular flexibility index (Phi) is 6.35. The van der Waals surface area contributed by atoms with Crippen molar-refractivity contribution in [2.24, 2.45) is 0 Å². The second-order valence-electron chi connectivity index (χ2n) is 7.46. The SMILES string of the molecule is CCn1c(-c2ccncc2)nn(CN2CCC(NC(=O)c3ccccc3)CC2)c1=S. The van der Waals surface area contributed by atoms with Crippen LogP contribution in [0.25, 0.3) is 11.4 Å². The molecule has 0 radical (unpaired) electrons. The molecule has 3 heterocycles. The van der Waals surface area contributed by atoms with E-state index < -0.39 is 0 Å². The molecule has 0 saturated carbocycles. The van der Waals surface area contributed by atoms with Crippen molar-refractivity contribution in [3.63, 3.8) is 0 Å². The molecular formula is C22H26N6OS. The highest BCUT2D eigenvalue weighted by atomic mass is 32.1. The van der Waals surface area contributed by atoms with Crippen LogP contribution in [0.3, 0.4) is 0 Å². The van der Waals surface area contributed by atoms with E-state index in [0.29, 0.717) is 12.2 Å². The number of likely N-dealkylation sites (tertiary alicyclic amines) is 1. The molecule has 156 valence electrons. The highest BCUT2D eigenvalue weighted by Gasteiger charge is 2.22. The Morgan fingerprint density at radius 3 is 2.50 bits per heavy atom. The number of amides is 1. The highest BCUT2D eigenvalue weighted by molar-refractivity contribution is 7.71. The number of hydrogen-bond donors (Lipinski definition) is 1. The summed E-state index contributed by atoms with van der Waals surface area (Å²) in [5, 5.41) is 7.94. The summed E-state index contributed by atoms with van der Waals surface area (Å²) in [5.41, 5.74) is 1.72. The predicted molar refractivity (Wildman–Crippen MR) is 118 cm³/mol. The van der Waals surface area contributed by atoms with Crippen LogP contribution in [0.4, 0.5) is 0 Å². The molecule has 0 spiro atoms. The molecule has 1 amide bonds. The van der Waals surface area contributed by atoms with E-state index in [9.17, 15) is 4.79 Å². The van der Waals surface area contributed by atoms with Crippen molar-refractivity contribution in [3.8, 4) is 11.4 Å². The molecule has 1 aromatic carbocycles. The Labute approximate surface area is 181 Å². The smallest absolute Gasteiger partial charge is 0.251 e. The third kappa shape index (κ3) is 4.49. The third-order valence-electron chi connectivity index (χ3n) is 5.47. The standard InChI is InChI=1S/C22H26N6OS/c1-2-27-20(17-8-12-23-13-9-17)25-28(22(27)30)16-26-14-10-19(11-15-26)24-21(29)18-6-4-3-5-7-18/h3-9,12-13,19H,2,10-11,14-16H2,1H3,(H,24,29). The quantitative estimate of drug-likeness (QED) is 0.617. The van der Waals surface area contributed by atoms with E-state index in [1.54, 1.807) is 12.4 Å². The van der Waals surface area contributed by atoms with Gasteiger partial charge in [-0.2, -0.15) is 5.10 Å². The summed E-state index contributed by atoms with van der Waals surface area (Å²) >= 11 is 5.68. The van der Waals surface area contributed by atoms with Gasteiger partial charge in [0.05, 0.1) is 6.67 Å². The first kappa shape index (κ1) is 20.4. The number of pyridine rings is 1. The van der Waals surface area contributed by atoms with E-state index in [2.05, 4.69) is 26.7 Å². The van der Waals surface area contributed by atoms with E-state index >= 15 is 0 Å². The molecule has 0 bridgehead atoms. The van der Waals surface area contributed by atoms with Gasteiger partial charge in [-0.05, 0) is 56.2 Å². The lowest BCUT2D eigenvalue weighted by Crippen LogP contribution is -2.45. The first-order valence-corrected chi connectivity index (χ1v) is 10.7. The Morgan fingerprint density at radius 1 is 1.13 bits per heavy atom. The second-order valence-corrected chi connectivity index (χ2v) is 7.82. The van der Waals surface area contributed by atoms with Crippen molar-refractivity contribution < 1.29 is 4.79 Å². The molecule has 3 aromatic rings. The maximum absolute atomic E-state index is 12.4. The van der Waals surface area contributed by atoms with Crippen molar-refractivity contribution in [1.29, 1.82) is 0 Å². The highest BCUT2D eigenvalue weighted by Crippen LogP contribution is 2.19. The van der Waals surface area contributed by atoms with Crippen LogP contribution >= 0.6 is 12.2 Å². The van der Waals surface area contributed by atoms with E-state index in [-0.39, 0.29) is 11.9 Å². The normalized spacial score (nSPS) is 15.2. The summed E-state index contributed by atoms with van der Waals surface area (Å²) in [5.74, 6) is 0.870. The molecular weight excluding hydrogens is 396 g/mol. The number of carbonyl (C=O) groups excluding carboxylic acids is 1. The van der Waals surface area contributed by atoms with E-state index in [0.717, 1.165) is 48.6 Å². The molecule has 1 fully saturated rings. The molecule has 4 rings (SSSR count). The van der Waals surface area contributed by atoms with Crippen LogP contribution in [0.1, 0.15) is 30.1 Å².